The standard InChI is InChI=1S/C12H16N2O3/c1-8-6-9(10(7-8)12(16)17)11(15)13-14-4-2-3-5-14/h2-5,8-10H,6-7H2,1H3,(H,13,15)(H,16,17). The van der Waals surface area contributed by atoms with Gasteiger partial charge in [0.25, 0.3) is 0 Å². The molecule has 0 spiro atoms. The van der Waals surface area contributed by atoms with E-state index in [1.165, 1.54) is 0 Å². The highest BCUT2D eigenvalue weighted by Gasteiger charge is 2.41. The number of carboxylic acid groups (broad SMARTS) is 1. The van der Waals surface area contributed by atoms with Gasteiger partial charge in [0.1, 0.15) is 0 Å². The normalized spacial score (nSPS) is 27.9. The number of aromatic nitrogens is 1. The van der Waals surface area contributed by atoms with Crippen LogP contribution in [0.5, 0.6) is 0 Å². The van der Waals surface area contributed by atoms with E-state index in [9.17, 15) is 9.59 Å². The summed E-state index contributed by atoms with van der Waals surface area (Å²) >= 11 is 0. The first-order valence-electron chi connectivity index (χ1n) is 5.74. The molecule has 1 fully saturated rings. The summed E-state index contributed by atoms with van der Waals surface area (Å²) in [4.78, 5) is 23.1. The lowest BCUT2D eigenvalue weighted by atomic mass is 9.96. The zero-order chi connectivity index (χ0) is 12.4. The molecule has 2 N–H and O–H groups in total. The molecule has 1 aromatic rings. The SMILES string of the molecule is CC1CC(C(=O)O)C(C(=O)Nn2cccc2)C1. The van der Waals surface area contributed by atoms with Crippen LogP contribution in [0.25, 0.3) is 0 Å². The van der Waals surface area contributed by atoms with Crippen molar-refractivity contribution in [2.45, 2.75) is 19.8 Å². The molecule has 1 saturated carbocycles. The maximum absolute atomic E-state index is 12.0. The summed E-state index contributed by atoms with van der Waals surface area (Å²) in [5.74, 6) is -1.78. The van der Waals surface area contributed by atoms with Gasteiger partial charge in [-0.25, -0.2) is 0 Å². The van der Waals surface area contributed by atoms with Gasteiger partial charge in [-0.2, -0.15) is 0 Å². The summed E-state index contributed by atoms with van der Waals surface area (Å²) in [7, 11) is 0. The average Bonchev–Trinajstić information content (AvgIpc) is 2.86. The largest absolute Gasteiger partial charge is 0.481 e. The highest BCUT2D eigenvalue weighted by atomic mass is 16.4. The Morgan fingerprint density at radius 3 is 2.41 bits per heavy atom. The van der Waals surface area contributed by atoms with Crippen molar-refractivity contribution in [3.8, 4) is 0 Å². The van der Waals surface area contributed by atoms with Crippen LogP contribution in [0, 0.1) is 17.8 Å². The second-order valence-corrected chi connectivity index (χ2v) is 4.69. The van der Waals surface area contributed by atoms with E-state index < -0.39 is 17.8 Å². The molecular weight excluding hydrogens is 220 g/mol. The molecule has 1 aliphatic rings. The predicted molar refractivity (Wildman–Crippen MR) is 61.8 cm³/mol. The van der Waals surface area contributed by atoms with Crippen molar-refractivity contribution in [2.75, 3.05) is 5.43 Å². The fourth-order valence-corrected chi connectivity index (χ4v) is 2.47. The van der Waals surface area contributed by atoms with E-state index in [0.717, 1.165) is 0 Å². The molecule has 3 atom stereocenters. The minimum absolute atomic E-state index is 0.210. The zero-order valence-electron chi connectivity index (χ0n) is 9.67. The van der Waals surface area contributed by atoms with E-state index in [2.05, 4.69) is 5.43 Å². The Balaban J connectivity index is 2.05. The van der Waals surface area contributed by atoms with Gasteiger partial charge in [0, 0.05) is 12.4 Å². The first kappa shape index (κ1) is 11.7. The van der Waals surface area contributed by atoms with Gasteiger partial charge >= 0.3 is 5.97 Å². The Hall–Kier alpha value is -1.78. The molecule has 0 saturated heterocycles. The molecule has 1 heterocycles. The van der Waals surface area contributed by atoms with Crippen LogP contribution >= 0.6 is 0 Å². The quantitative estimate of drug-likeness (QED) is 0.831. The number of rotatable bonds is 3. The van der Waals surface area contributed by atoms with E-state index >= 15 is 0 Å². The number of amides is 1. The third kappa shape index (κ3) is 2.49. The molecule has 1 aliphatic carbocycles. The van der Waals surface area contributed by atoms with Crippen molar-refractivity contribution >= 4 is 11.9 Å². The molecule has 5 nitrogen and oxygen atoms in total. The van der Waals surface area contributed by atoms with E-state index in [4.69, 9.17) is 5.11 Å². The summed E-state index contributed by atoms with van der Waals surface area (Å²) in [5.41, 5.74) is 2.68. The highest BCUT2D eigenvalue weighted by molar-refractivity contribution is 5.90. The molecule has 0 radical (unpaired) electrons. The molecule has 3 unspecified atom stereocenters. The number of carbonyl (C=O) groups excluding carboxylic acids is 1. The van der Waals surface area contributed by atoms with E-state index in [-0.39, 0.29) is 11.8 Å². The maximum Gasteiger partial charge on any atom is 0.307 e. The molecule has 5 heteroatoms. The molecule has 2 rings (SSSR count). The Bertz CT molecular complexity index is 413. The van der Waals surface area contributed by atoms with E-state index in [1.54, 1.807) is 29.2 Å². The summed E-state index contributed by atoms with van der Waals surface area (Å²) < 4.78 is 1.55. The van der Waals surface area contributed by atoms with E-state index in [1.807, 2.05) is 6.92 Å². The van der Waals surface area contributed by atoms with Crippen LogP contribution in [0.3, 0.4) is 0 Å². The fourth-order valence-electron chi connectivity index (χ4n) is 2.47. The molecule has 0 aromatic carbocycles. The Kier molecular flexibility index (Phi) is 3.17. The second kappa shape index (κ2) is 4.61. The summed E-state index contributed by atoms with van der Waals surface area (Å²) in [6.45, 7) is 1.98. The first-order valence-corrected chi connectivity index (χ1v) is 5.74. The number of carboxylic acids is 1. The Morgan fingerprint density at radius 2 is 1.82 bits per heavy atom. The van der Waals surface area contributed by atoms with Crippen molar-refractivity contribution in [3.05, 3.63) is 24.5 Å². The Labute approximate surface area is 99.4 Å². The Morgan fingerprint density at radius 1 is 1.24 bits per heavy atom. The number of nitrogens with zero attached hydrogens (tertiary/aromatic N) is 1. The summed E-state index contributed by atoms with van der Waals surface area (Å²) in [5, 5.41) is 9.09. The number of carbonyl (C=O) groups is 2. The van der Waals surface area contributed by atoms with Crippen molar-refractivity contribution in [1.82, 2.24) is 4.68 Å². The molecule has 17 heavy (non-hydrogen) atoms. The first-order chi connectivity index (χ1) is 8.08. The average molecular weight is 236 g/mol. The smallest absolute Gasteiger partial charge is 0.307 e. The minimum Gasteiger partial charge on any atom is -0.481 e. The minimum atomic E-state index is -0.873. The third-order valence-electron chi connectivity index (χ3n) is 3.30. The molecule has 0 bridgehead atoms. The fraction of sp³-hybridized carbons (Fsp3) is 0.500. The summed E-state index contributed by atoms with van der Waals surface area (Å²) in [6, 6.07) is 3.60. The molecule has 1 aromatic heterocycles. The lowest BCUT2D eigenvalue weighted by Crippen LogP contribution is -2.33. The van der Waals surface area contributed by atoms with Crippen LogP contribution in [0.4, 0.5) is 0 Å². The topological polar surface area (TPSA) is 71.3 Å². The van der Waals surface area contributed by atoms with Gasteiger partial charge in [0.15, 0.2) is 0 Å². The van der Waals surface area contributed by atoms with E-state index in [0.29, 0.717) is 12.8 Å². The third-order valence-corrected chi connectivity index (χ3v) is 3.30. The van der Waals surface area contributed by atoms with Crippen LogP contribution in [-0.2, 0) is 9.59 Å². The molecule has 92 valence electrons. The van der Waals surface area contributed by atoms with Gasteiger partial charge in [-0.15, -0.1) is 0 Å². The van der Waals surface area contributed by atoms with Crippen LogP contribution in [0.15, 0.2) is 24.5 Å². The lowest BCUT2D eigenvalue weighted by Gasteiger charge is -2.15. The van der Waals surface area contributed by atoms with Gasteiger partial charge < -0.3 is 5.11 Å². The molecule has 1 amide bonds. The number of hydrogen-bond acceptors (Lipinski definition) is 2. The van der Waals surface area contributed by atoms with Gasteiger partial charge in [-0.05, 0) is 30.9 Å². The molecular formula is C12H16N2O3. The van der Waals surface area contributed by atoms with Gasteiger partial charge in [0.05, 0.1) is 11.8 Å². The van der Waals surface area contributed by atoms with Gasteiger partial charge in [0.2, 0.25) is 5.91 Å². The van der Waals surface area contributed by atoms with Crippen molar-refractivity contribution in [2.24, 2.45) is 17.8 Å². The van der Waals surface area contributed by atoms with Crippen molar-refractivity contribution in [1.29, 1.82) is 0 Å². The number of nitrogens with one attached hydrogen (secondary N) is 1. The van der Waals surface area contributed by atoms with Gasteiger partial charge in [-0.1, -0.05) is 6.92 Å². The van der Waals surface area contributed by atoms with Crippen LogP contribution < -0.4 is 5.43 Å². The second-order valence-electron chi connectivity index (χ2n) is 4.69. The zero-order valence-corrected chi connectivity index (χ0v) is 9.67. The number of hydrogen-bond donors (Lipinski definition) is 2. The maximum atomic E-state index is 12.0. The van der Waals surface area contributed by atoms with Crippen molar-refractivity contribution in [3.63, 3.8) is 0 Å². The van der Waals surface area contributed by atoms with Crippen LogP contribution in [0.2, 0.25) is 0 Å². The van der Waals surface area contributed by atoms with Crippen LogP contribution in [-0.4, -0.2) is 21.7 Å². The van der Waals surface area contributed by atoms with Crippen LogP contribution in [0.1, 0.15) is 19.8 Å². The highest BCUT2D eigenvalue weighted by Crippen LogP contribution is 2.36. The predicted octanol–water partition coefficient (Wildman–Crippen LogP) is 1.31. The van der Waals surface area contributed by atoms with Crippen molar-refractivity contribution < 1.29 is 14.7 Å². The molecule has 0 aliphatic heterocycles. The summed E-state index contributed by atoms with van der Waals surface area (Å²) in [6.07, 6.45) is 4.65. The van der Waals surface area contributed by atoms with Gasteiger partial charge in [-0.3, -0.25) is 19.7 Å². The number of aliphatic carboxylic acids is 1. The lowest BCUT2D eigenvalue weighted by molar-refractivity contribution is -0.145. The monoisotopic (exact) mass is 236 g/mol.